The Hall–Kier alpha value is -1.36. The molecule has 3 rings (SSSR count). The molecular weight excluding hydrogens is 298 g/mol. The van der Waals surface area contributed by atoms with Crippen molar-refractivity contribution in [1.82, 2.24) is 4.90 Å². The zero-order valence-corrected chi connectivity index (χ0v) is 13.8. The lowest BCUT2D eigenvalue weighted by Crippen LogP contribution is -2.39. The molecular formula is C17H23NO3S. The third-order valence-corrected chi connectivity index (χ3v) is 6.05. The maximum Gasteiger partial charge on any atom is 0.303 e. The van der Waals surface area contributed by atoms with Gasteiger partial charge >= 0.3 is 5.97 Å². The number of aliphatic carboxylic acids is 1. The summed E-state index contributed by atoms with van der Waals surface area (Å²) in [5.74, 6) is 0.367. The van der Waals surface area contributed by atoms with E-state index in [4.69, 9.17) is 5.11 Å². The second-order valence-electron chi connectivity index (χ2n) is 6.73. The van der Waals surface area contributed by atoms with Gasteiger partial charge in [0.15, 0.2) is 0 Å². The number of carbonyl (C=O) groups is 2. The molecule has 2 aliphatic rings. The summed E-state index contributed by atoms with van der Waals surface area (Å²) >= 11 is 1.73. The first kappa shape index (κ1) is 15.5. The Morgan fingerprint density at radius 3 is 2.73 bits per heavy atom. The van der Waals surface area contributed by atoms with Gasteiger partial charge in [-0.15, -0.1) is 11.3 Å². The Kier molecular flexibility index (Phi) is 4.52. The quantitative estimate of drug-likeness (QED) is 0.930. The van der Waals surface area contributed by atoms with Crippen LogP contribution in [0, 0.1) is 11.8 Å². The van der Waals surface area contributed by atoms with E-state index in [9.17, 15) is 9.59 Å². The molecule has 1 atom stereocenters. The molecule has 0 saturated carbocycles. The van der Waals surface area contributed by atoms with Crippen LogP contribution in [-0.2, 0) is 17.6 Å². The minimum absolute atomic E-state index is 0.154. The molecule has 4 nitrogen and oxygen atoms in total. The molecule has 1 amide bonds. The molecule has 5 heteroatoms. The largest absolute Gasteiger partial charge is 0.481 e. The van der Waals surface area contributed by atoms with Crippen LogP contribution in [-0.4, -0.2) is 35.0 Å². The molecule has 0 bridgehead atoms. The van der Waals surface area contributed by atoms with Crippen LogP contribution in [0.2, 0.25) is 0 Å². The van der Waals surface area contributed by atoms with Crippen LogP contribution in [0.4, 0.5) is 0 Å². The van der Waals surface area contributed by atoms with E-state index in [-0.39, 0.29) is 18.2 Å². The molecule has 1 aliphatic carbocycles. The van der Waals surface area contributed by atoms with Gasteiger partial charge in [0.05, 0.1) is 5.56 Å². The Bertz CT molecular complexity index is 572. The Balaban J connectivity index is 1.65. The lowest BCUT2D eigenvalue weighted by Gasteiger charge is -2.31. The smallest absolute Gasteiger partial charge is 0.303 e. The Morgan fingerprint density at radius 1 is 1.32 bits per heavy atom. The fourth-order valence-electron chi connectivity index (χ4n) is 3.61. The number of nitrogens with zero attached hydrogens (tertiary/aromatic N) is 1. The fourth-order valence-corrected chi connectivity index (χ4v) is 4.85. The lowest BCUT2D eigenvalue weighted by molar-refractivity contribution is -0.138. The Morgan fingerprint density at radius 2 is 2.05 bits per heavy atom. The molecule has 2 heterocycles. The summed E-state index contributed by atoms with van der Waals surface area (Å²) in [6.07, 6.45) is 5.14. The van der Waals surface area contributed by atoms with Gasteiger partial charge in [-0.3, -0.25) is 9.59 Å². The fraction of sp³-hybridized carbons (Fsp3) is 0.647. The first-order chi connectivity index (χ1) is 10.5. The highest BCUT2D eigenvalue weighted by Gasteiger charge is 2.29. The van der Waals surface area contributed by atoms with Crippen LogP contribution in [0.3, 0.4) is 0 Å². The molecule has 1 aromatic rings. The van der Waals surface area contributed by atoms with E-state index in [1.54, 1.807) is 11.3 Å². The summed E-state index contributed by atoms with van der Waals surface area (Å²) in [5.41, 5.74) is 2.18. The van der Waals surface area contributed by atoms with Gasteiger partial charge in [0, 0.05) is 29.8 Å². The zero-order chi connectivity index (χ0) is 15.7. The molecule has 1 aromatic heterocycles. The summed E-state index contributed by atoms with van der Waals surface area (Å²) in [7, 11) is 0. The summed E-state index contributed by atoms with van der Waals surface area (Å²) in [5, 5.41) is 10.9. The number of piperidine rings is 1. The summed E-state index contributed by atoms with van der Waals surface area (Å²) in [4.78, 5) is 26.8. The molecule has 1 unspecified atom stereocenters. The minimum Gasteiger partial charge on any atom is -0.481 e. The maximum absolute atomic E-state index is 12.8. The number of carboxylic acids is 1. The van der Waals surface area contributed by atoms with Gasteiger partial charge in [0.25, 0.3) is 5.91 Å². The van der Waals surface area contributed by atoms with Gasteiger partial charge < -0.3 is 10.0 Å². The van der Waals surface area contributed by atoms with Gasteiger partial charge in [0.1, 0.15) is 0 Å². The number of hydrogen-bond donors (Lipinski definition) is 1. The number of hydrogen-bond acceptors (Lipinski definition) is 3. The van der Waals surface area contributed by atoms with Crippen molar-refractivity contribution >= 4 is 23.2 Å². The number of fused-ring (bicyclic) bond motifs is 1. The van der Waals surface area contributed by atoms with Crippen molar-refractivity contribution in [2.24, 2.45) is 11.8 Å². The zero-order valence-electron chi connectivity index (χ0n) is 13.0. The van der Waals surface area contributed by atoms with Crippen molar-refractivity contribution < 1.29 is 14.7 Å². The predicted octanol–water partition coefficient (Wildman–Crippen LogP) is 3.20. The molecule has 1 saturated heterocycles. The summed E-state index contributed by atoms with van der Waals surface area (Å²) in [6.45, 7) is 3.66. The van der Waals surface area contributed by atoms with Gasteiger partial charge in [-0.2, -0.15) is 0 Å². The third kappa shape index (κ3) is 3.19. The molecule has 1 fully saturated rings. The van der Waals surface area contributed by atoms with E-state index in [1.165, 1.54) is 16.9 Å². The highest BCUT2D eigenvalue weighted by atomic mass is 32.1. The molecule has 1 N–H and O–H groups in total. The second-order valence-corrected chi connectivity index (χ2v) is 7.70. The topological polar surface area (TPSA) is 57.6 Å². The van der Waals surface area contributed by atoms with E-state index in [2.05, 4.69) is 6.92 Å². The number of carbonyl (C=O) groups excluding carboxylic acids is 1. The number of thiophene rings is 1. The van der Waals surface area contributed by atoms with Gasteiger partial charge in [-0.25, -0.2) is 0 Å². The number of likely N-dealkylation sites (tertiary alicyclic amines) is 1. The average molecular weight is 321 g/mol. The lowest BCUT2D eigenvalue weighted by atomic mass is 9.88. The summed E-state index contributed by atoms with van der Waals surface area (Å²) < 4.78 is 0. The molecule has 0 radical (unpaired) electrons. The first-order valence-electron chi connectivity index (χ1n) is 8.15. The molecule has 22 heavy (non-hydrogen) atoms. The second kappa shape index (κ2) is 6.41. The summed E-state index contributed by atoms with van der Waals surface area (Å²) in [6, 6.07) is 0. The first-order valence-corrected chi connectivity index (χ1v) is 9.03. The standard InChI is InChI=1S/C17H23NO3S/c1-11-2-3-13-14(10-22-15(13)8-11)17(21)18-6-4-12(5-7-18)9-16(19)20/h10-12H,2-9H2,1H3,(H,19,20). The van der Waals surface area contributed by atoms with Crippen molar-refractivity contribution in [2.45, 2.75) is 45.4 Å². The molecule has 120 valence electrons. The van der Waals surface area contributed by atoms with Crippen LogP contribution in [0.25, 0.3) is 0 Å². The van der Waals surface area contributed by atoms with Gasteiger partial charge in [0.2, 0.25) is 0 Å². The van der Waals surface area contributed by atoms with Crippen LogP contribution in [0.5, 0.6) is 0 Å². The average Bonchev–Trinajstić information content (AvgIpc) is 2.89. The molecule has 0 spiro atoms. The normalized spacial score (nSPS) is 22.4. The van der Waals surface area contributed by atoms with E-state index in [1.807, 2.05) is 10.3 Å². The highest BCUT2D eigenvalue weighted by molar-refractivity contribution is 7.10. The van der Waals surface area contributed by atoms with E-state index in [0.29, 0.717) is 13.1 Å². The van der Waals surface area contributed by atoms with Crippen LogP contribution in [0.15, 0.2) is 5.38 Å². The number of amides is 1. The van der Waals surface area contributed by atoms with E-state index < -0.39 is 5.97 Å². The Labute approximate surface area is 135 Å². The number of carboxylic acid groups (broad SMARTS) is 1. The van der Waals surface area contributed by atoms with E-state index in [0.717, 1.165) is 37.2 Å². The van der Waals surface area contributed by atoms with Gasteiger partial charge in [-0.1, -0.05) is 6.92 Å². The highest BCUT2D eigenvalue weighted by Crippen LogP contribution is 2.34. The van der Waals surface area contributed by atoms with E-state index >= 15 is 0 Å². The van der Waals surface area contributed by atoms with Crippen molar-refractivity contribution in [3.63, 3.8) is 0 Å². The molecule has 1 aliphatic heterocycles. The van der Waals surface area contributed by atoms with Crippen LogP contribution < -0.4 is 0 Å². The van der Waals surface area contributed by atoms with Crippen LogP contribution >= 0.6 is 11.3 Å². The monoisotopic (exact) mass is 321 g/mol. The molecule has 0 aromatic carbocycles. The SMILES string of the molecule is CC1CCc2c(C(=O)N3CCC(CC(=O)O)CC3)csc2C1. The van der Waals surface area contributed by atoms with Crippen LogP contribution in [0.1, 0.15) is 53.4 Å². The van der Waals surface area contributed by atoms with Crippen molar-refractivity contribution in [3.8, 4) is 0 Å². The number of rotatable bonds is 3. The third-order valence-electron chi connectivity index (χ3n) is 5.00. The minimum atomic E-state index is -0.731. The van der Waals surface area contributed by atoms with Crippen molar-refractivity contribution in [2.75, 3.05) is 13.1 Å². The maximum atomic E-state index is 12.8. The predicted molar refractivity (Wildman–Crippen MR) is 86.4 cm³/mol. The van der Waals surface area contributed by atoms with Crippen molar-refractivity contribution in [1.29, 1.82) is 0 Å². The van der Waals surface area contributed by atoms with Gasteiger partial charge in [-0.05, 0) is 49.5 Å². The van der Waals surface area contributed by atoms with Crippen molar-refractivity contribution in [3.05, 3.63) is 21.4 Å².